The third-order valence-electron chi connectivity index (χ3n) is 2.72. The lowest BCUT2D eigenvalue weighted by Crippen LogP contribution is -2.35. The van der Waals surface area contributed by atoms with E-state index in [4.69, 9.17) is 11.6 Å². The molecule has 1 aliphatic rings. The van der Waals surface area contributed by atoms with Crippen LogP contribution in [0.3, 0.4) is 0 Å². The molecule has 1 fully saturated rings. The van der Waals surface area contributed by atoms with Crippen LogP contribution in [0, 0.1) is 5.92 Å². The van der Waals surface area contributed by atoms with Crippen LogP contribution in [0.25, 0.3) is 0 Å². The SMILES string of the molecule is CC(Cl)C(=O)N(C)CC1CCCC1. The van der Waals surface area contributed by atoms with Gasteiger partial charge in [-0.1, -0.05) is 12.8 Å². The lowest BCUT2D eigenvalue weighted by molar-refractivity contribution is -0.129. The Morgan fingerprint density at radius 1 is 1.54 bits per heavy atom. The van der Waals surface area contributed by atoms with E-state index in [1.807, 2.05) is 7.05 Å². The van der Waals surface area contributed by atoms with Crippen LogP contribution in [-0.2, 0) is 4.79 Å². The number of nitrogens with zero attached hydrogens (tertiary/aromatic N) is 1. The second-order valence-corrected chi connectivity index (χ2v) is 4.64. The smallest absolute Gasteiger partial charge is 0.240 e. The summed E-state index contributed by atoms with van der Waals surface area (Å²) in [5, 5.41) is -0.383. The Bertz CT molecular complexity index is 176. The maximum absolute atomic E-state index is 11.4. The number of hydrogen-bond acceptors (Lipinski definition) is 1. The molecule has 0 spiro atoms. The Morgan fingerprint density at radius 2 is 2.08 bits per heavy atom. The molecular formula is C10H18ClNO. The van der Waals surface area contributed by atoms with Crippen molar-refractivity contribution in [2.45, 2.75) is 38.0 Å². The first-order chi connectivity index (χ1) is 6.11. The molecule has 3 heteroatoms. The van der Waals surface area contributed by atoms with Crippen molar-refractivity contribution in [1.29, 1.82) is 0 Å². The standard InChI is InChI=1S/C10H18ClNO/c1-8(11)10(13)12(2)7-9-5-3-4-6-9/h8-9H,3-7H2,1-2H3. The molecular weight excluding hydrogens is 186 g/mol. The van der Waals surface area contributed by atoms with Gasteiger partial charge in [0.25, 0.3) is 0 Å². The molecule has 0 saturated heterocycles. The van der Waals surface area contributed by atoms with Crippen molar-refractivity contribution < 1.29 is 4.79 Å². The molecule has 76 valence electrons. The summed E-state index contributed by atoms with van der Waals surface area (Å²) in [6, 6.07) is 0. The van der Waals surface area contributed by atoms with E-state index in [0.717, 1.165) is 6.54 Å². The minimum Gasteiger partial charge on any atom is -0.344 e. The fraction of sp³-hybridized carbons (Fsp3) is 0.900. The van der Waals surface area contributed by atoms with Gasteiger partial charge in [0, 0.05) is 13.6 Å². The van der Waals surface area contributed by atoms with Crippen molar-refractivity contribution in [3.05, 3.63) is 0 Å². The molecule has 1 saturated carbocycles. The highest BCUT2D eigenvalue weighted by Gasteiger charge is 2.21. The van der Waals surface area contributed by atoms with E-state index in [9.17, 15) is 4.79 Å². The normalized spacial score (nSPS) is 20.2. The number of halogens is 1. The van der Waals surface area contributed by atoms with E-state index in [0.29, 0.717) is 5.92 Å². The van der Waals surface area contributed by atoms with Crippen LogP contribution in [0.5, 0.6) is 0 Å². The average molecular weight is 204 g/mol. The third kappa shape index (κ3) is 3.18. The lowest BCUT2D eigenvalue weighted by Gasteiger charge is -2.21. The van der Waals surface area contributed by atoms with E-state index >= 15 is 0 Å². The number of alkyl halides is 1. The molecule has 0 aromatic rings. The van der Waals surface area contributed by atoms with Crippen molar-refractivity contribution in [3.63, 3.8) is 0 Å². The van der Waals surface area contributed by atoms with Gasteiger partial charge in [-0.3, -0.25) is 4.79 Å². The van der Waals surface area contributed by atoms with Crippen LogP contribution in [0.4, 0.5) is 0 Å². The highest BCUT2D eigenvalue weighted by Crippen LogP contribution is 2.25. The number of hydrogen-bond donors (Lipinski definition) is 0. The fourth-order valence-electron chi connectivity index (χ4n) is 1.97. The maximum Gasteiger partial charge on any atom is 0.240 e. The van der Waals surface area contributed by atoms with Crippen LogP contribution < -0.4 is 0 Å². The summed E-state index contributed by atoms with van der Waals surface area (Å²) >= 11 is 5.72. The summed E-state index contributed by atoms with van der Waals surface area (Å²) in [4.78, 5) is 13.2. The van der Waals surface area contributed by atoms with Crippen LogP contribution in [0.2, 0.25) is 0 Å². The van der Waals surface area contributed by atoms with Crippen LogP contribution in [-0.4, -0.2) is 29.8 Å². The van der Waals surface area contributed by atoms with Crippen molar-refractivity contribution in [1.82, 2.24) is 4.90 Å². The Kier molecular flexibility index (Phi) is 4.04. The van der Waals surface area contributed by atoms with E-state index in [1.165, 1.54) is 25.7 Å². The zero-order chi connectivity index (χ0) is 9.84. The van der Waals surface area contributed by atoms with Gasteiger partial charge >= 0.3 is 0 Å². The second-order valence-electron chi connectivity index (χ2n) is 3.99. The first kappa shape index (κ1) is 10.8. The molecule has 0 heterocycles. The highest BCUT2D eigenvalue weighted by molar-refractivity contribution is 6.30. The van der Waals surface area contributed by atoms with E-state index < -0.39 is 0 Å². The fourth-order valence-corrected chi connectivity index (χ4v) is 2.14. The summed E-state index contributed by atoms with van der Waals surface area (Å²) in [5.74, 6) is 0.762. The molecule has 1 rings (SSSR count). The first-order valence-electron chi connectivity index (χ1n) is 5.00. The van der Waals surface area contributed by atoms with Gasteiger partial charge in [0.05, 0.1) is 0 Å². The number of amides is 1. The summed E-state index contributed by atoms with van der Waals surface area (Å²) in [6.07, 6.45) is 5.19. The van der Waals surface area contributed by atoms with E-state index in [2.05, 4.69) is 0 Å². The van der Waals surface area contributed by atoms with Crippen molar-refractivity contribution in [2.24, 2.45) is 5.92 Å². The predicted molar refractivity (Wildman–Crippen MR) is 54.9 cm³/mol. The Balaban J connectivity index is 2.31. The third-order valence-corrected chi connectivity index (χ3v) is 2.91. The van der Waals surface area contributed by atoms with Crippen LogP contribution in [0.1, 0.15) is 32.6 Å². The number of carbonyl (C=O) groups excluding carboxylic acids is 1. The molecule has 1 atom stereocenters. The largest absolute Gasteiger partial charge is 0.344 e. The van der Waals surface area contributed by atoms with Gasteiger partial charge in [-0.05, 0) is 25.7 Å². The van der Waals surface area contributed by atoms with Gasteiger partial charge in [0.1, 0.15) is 5.38 Å². The molecule has 0 aromatic heterocycles. The summed E-state index contributed by atoms with van der Waals surface area (Å²) in [5.41, 5.74) is 0. The summed E-state index contributed by atoms with van der Waals surface area (Å²) in [6.45, 7) is 2.62. The monoisotopic (exact) mass is 203 g/mol. The predicted octanol–water partition coefficient (Wildman–Crippen LogP) is 2.26. The second kappa shape index (κ2) is 4.85. The molecule has 1 aliphatic carbocycles. The summed E-state index contributed by atoms with van der Waals surface area (Å²) < 4.78 is 0. The van der Waals surface area contributed by atoms with Crippen LogP contribution in [0.15, 0.2) is 0 Å². The molecule has 0 aliphatic heterocycles. The Morgan fingerprint density at radius 3 is 2.54 bits per heavy atom. The quantitative estimate of drug-likeness (QED) is 0.645. The molecule has 0 N–H and O–H groups in total. The molecule has 0 aromatic carbocycles. The van der Waals surface area contributed by atoms with Gasteiger partial charge < -0.3 is 4.90 Å². The average Bonchev–Trinajstić information content (AvgIpc) is 2.55. The van der Waals surface area contributed by atoms with E-state index in [-0.39, 0.29) is 11.3 Å². The van der Waals surface area contributed by atoms with Gasteiger partial charge in [0.15, 0.2) is 0 Å². The zero-order valence-corrected chi connectivity index (χ0v) is 9.18. The Labute approximate surface area is 85.2 Å². The minimum atomic E-state index is -0.383. The zero-order valence-electron chi connectivity index (χ0n) is 8.42. The topological polar surface area (TPSA) is 20.3 Å². The first-order valence-corrected chi connectivity index (χ1v) is 5.44. The summed E-state index contributed by atoms with van der Waals surface area (Å²) in [7, 11) is 1.85. The Hall–Kier alpha value is -0.240. The number of rotatable bonds is 3. The van der Waals surface area contributed by atoms with E-state index in [1.54, 1.807) is 11.8 Å². The van der Waals surface area contributed by atoms with Crippen molar-refractivity contribution in [3.8, 4) is 0 Å². The molecule has 13 heavy (non-hydrogen) atoms. The maximum atomic E-state index is 11.4. The van der Waals surface area contributed by atoms with Crippen molar-refractivity contribution >= 4 is 17.5 Å². The molecule has 0 radical (unpaired) electrons. The lowest BCUT2D eigenvalue weighted by atomic mass is 10.1. The van der Waals surface area contributed by atoms with Crippen LogP contribution >= 0.6 is 11.6 Å². The molecule has 1 unspecified atom stereocenters. The minimum absolute atomic E-state index is 0.0496. The number of carbonyl (C=O) groups is 1. The molecule has 1 amide bonds. The van der Waals surface area contributed by atoms with Gasteiger partial charge in [-0.15, -0.1) is 11.6 Å². The molecule has 2 nitrogen and oxygen atoms in total. The molecule has 0 bridgehead atoms. The van der Waals surface area contributed by atoms with Gasteiger partial charge in [-0.25, -0.2) is 0 Å². The van der Waals surface area contributed by atoms with Gasteiger partial charge in [0.2, 0.25) is 5.91 Å². The van der Waals surface area contributed by atoms with Gasteiger partial charge in [-0.2, -0.15) is 0 Å². The highest BCUT2D eigenvalue weighted by atomic mass is 35.5. The van der Waals surface area contributed by atoms with Crippen molar-refractivity contribution in [2.75, 3.05) is 13.6 Å².